The predicted octanol–water partition coefficient (Wildman–Crippen LogP) is 3.53. The van der Waals surface area contributed by atoms with E-state index in [9.17, 15) is 14.0 Å². The van der Waals surface area contributed by atoms with Crippen molar-refractivity contribution in [3.63, 3.8) is 0 Å². The van der Waals surface area contributed by atoms with Gasteiger partial charge in [-0.3, -0.25) is 9.59 Å². The monoisotopic (exact) mass is 325 g/mol. The quantitative estimate of drug-likeness (QED) is 0.774. The van der Waals surface area contributed by atoms with E-state index in [4.69, 9.17) is 0 Å². The highest BCUT2D eigenvalue weighted by Crippen LogP contribution is 2.21. The van der Waals surface area contributed by atoms with Crippen molar-refractivity contribution in [1.29, 1.82) is 0 Å². The number of carbonyl (C=O) groups is 2. The van der Waals surface area contributed by atoms with Gasteiger partial charge >= 0.3 is 0 Å². The first-order valence-corrected chi connectivity index (χ1v) is 7.38. The van der Waals surface area contributed by atoms with Crippen LogP contribution in [-0.4, -0.2) is 16.4 Å². The maximum absolute atomic E-state index is 13.3. The molecule has 2 aromatic carbocycles. The normalized spacial score (nSPS) is 10.6. The summed E-state index contributed by atoms with van der Waals surface area (Å²) in [7, 11) is 1.75. The zero-order valence-corrected chi connectivity index (χ0v) is 13.3. The van der Waals surface area contributed by atoms with Crippen molar-refractivity contribution in [2.24, 2.45) is 7.05 Å². The van der Waals surface area contributed by atoms with Gasteiger partial charge in [-0.05, 0) is 42.5 Å². The van der Waals surface area contributed by atoms with E-state index < -0.39 is 0 Å². The minimum atomic E-state index is -0.344. The fourth-order valence-corrected chi connectivity index (χ4v) is 2.61. The Labute approximate surface area is 138 Å². The highest BCUT2D eigenvalue weighted by Gasteiger charge is 2.14. The Morgan fingerprint density at radius 2 is 1.71 bits per heavy atom. The molecule has 0 aliphatic heterocycles. The molecule has 0 unspecified atom stereocenters. The standard InChI is InChI=1S/C18H16FN3O2/c1-11(23)20-14-4-3-5-15(10-14)21-18(24)17-9-12-8-13(19)6-7-16(12)22(17)2/h3-10H,1-2H3,(H,20,23)(H,21,24). The maximum atomic E-state index is 13.3. The second kappa shape index (κ2) is 6.16. The Balaban J connectivity index is 1.87. The second-order valence-corrected chi connectivity index (χ2v) is 5.51. The van der Waals surface area contributed by atoms with Gasteiger partial charge in [-0.1, -0.05) is 6.07 Å². The number of nitrogens with zero attached hydrogens (tertiary/aromatic N) is 1. The van der Waals surface area contributed by atoms with Crippen LogP contribution in [0.2, 0.25) is 0 Å². The molecule has 0 atom stereocenters. The van der Waals surface area contributed by atoms with E-state index in [0.29, 0.717) is 22.5 Å². The third-order valence-electron chi connectivity index (χ3n) is 3.68. The molecule has 0 bridgehead atoms. The van der Waals surface area contributed by atoms with Gasteiger partial charge in [0, 0.05) is 36.2 Å². The smallest absolute Gasteiger partial charge is 0.272 e. The van der Waals surface area contributed by atoms with Crippen molar-refractivity contribution in [2.45, 2.75) is 6.92 Å². The van der Waals surface area contributed by atoms with Gasteiger partial charge in [0.2, 0.25) is 5.91 Å². The summed E-state index contributed by atoms with van der Waals surface area (Å²) in [5, 5.41) is 6.11. The molecule has 5 nitrogen and oxygen atoms in total. The van der Waals surface area contributed by atoms with Crippen molar-refractivity contribution in [3.05, 3.63) is 60.0 Å². The summed E-state index contributed by atoms with van der Waals surface area (Å²) in [6.07, 6.45) is 0. The largest absolute Gasteiger partial charge is 0.340 e. The molecule has 0 saturated carbocycles. The molecule has 2 N–H and O–H groups in total. The molecule has 0 radical (unpaired) electrons. The third-order valence-corrected chi connectivity index (χ3v) is 3.68. The third kappa shape index (κ3) is 3.12. The van der Waals surface area contributed by atoms with Crippen LogP contribution >= 0.6 is 0 Å². The number of rotatable bonds is 3. The number of benzene rings is 2. The molecule has 1 heterocycles. The molecule has 122 valence electrons. The molecule has 3 aromatic rings. The predicted molar refractivity (Wildman–Crippen MR) is 91.6 cm³/mol. The van der Waals surface area contributed by atoms with E-state index in [2.05, 4.69) is 10.6 Å². The Kier molecular flexibility index (Phi) is 4.04. The molecule has 1 aromatic heterocycles. The van der Waals surface area contributed by atoms with Crippen molar-refractivity contribution < 1.29 is 14.0 Å². The lowest BCUT2D eigenvalue weighted by Gasteiger charge is -2.08. The summed E-state index contributed by atoms with van der Waals surface area (Å²) in [6, 6.07) is 12.9. The molecule has 0 aliphatic carbocycles. The van der Waals surface area contributed by atoms with E-state index in [1.807, 2.05) is 0 Å². The Hall–Kier alpha value is -3.15. The van der Waals surface area contributed by atoms with Crippen LogP contribution in [0.15, 0.2) is 48.5 Å². The number of anilines is 2. The maximum Gasteiger partial charge on any atom is 0.272 e. The van der Waals surface area contributed by atoms with Crippen LogP contribution in [-0.2, 0) is 11.8 Å². The summed E-state index contributed by atoms with van der Waals surface area (Å²) in [6.45, 7) is 1.42. The zero-order valence-electron chi connectivity index (χ0n) is 13.3. The number of nitrogens with one attached hydrogen (secondary N) is 2. The van der Waals surface area contributed by atoms with E-state index in [0.717, 1.165) is 5.52 Å². The van der Waals surface area contributed by atoms with Crippen LogP contribution in [0.1, 0.15) is 17.4 Å². The van der Waals surface area contributed by atoms with Gasteiger partial charge < -0.3 is 15.2 Å². The molecule has 24 heavy (non-hydrogen) atoms. The number of carbonyl (C=O) groups excluding carboxylic acids is 2. The Morgan fingerprint density at radius 1 is 1.00 bits per heavy atom. The van der Waals surface area contributed by atoms with Gasteiger partial charge in [-0.25, -0.2) is 4.39 Å². The number of aryl methyl sites for hydroxylation is 1. The lowest BCUT2D eigenvalue weighted by Crippen LogP contribution is -2.15. The van der Waals surface area contributed by atoms with Crippen molar-refractivity contribution in [1.82, 2.24) is 4.57 Å². The number of hydrogen-bond acceptors (Lipinski definition) is 2. The van der Waals surface area contributed by atoms with Gasteiger partial charge in [-0.15, -0.1) is 0 Å². The van der Waals surface area contributed by atoms with Crippen LogP contribution < -0.4 is 10.6 Å². The fraction of sp³-hybridized carbons (Fsp3) is 0.111. The number of fused-ring (bicyclic) bond motifs is 1. The molecular formula is C18H16FN3O2. The van der Waals surface area contributed by atoms with Crippen molar-refractivity contribution in [3.8, 4) is 0 Å². The van der Waals surface area contributed by atoms with Crippen molar-refractivity contribution >= 4 is 34.1 Å². The van der Waals surface area contributed by atoms with Crippen LogP contribution in [0, 0.1) is 5.82 Å². The summed E-state index contributed by atoms with van der Waals surface area (Å²) < 4.78 is 15.0. The minimum Gasteiger partial charge on any atom is -0.340 e. The topological polar surface area (TPSA) is 63.1 Å². The Bertz CT molecular complexity index is 947. The first kappa shape index (κ1) is 15.7. The van der Waals surface area contributed by atoms with E-state index >= 15 is 0 Å². The molecule has 6 heteroatoms. The van der Waals surface area contributed by atoms with Crippen LogP contribution in [0.5, 0.6) is 0 Å². The molecular weight excluding hydrogens is 309 g/mol. The lowest BCUT2D eigenvalue weighted by molar-refractivity contribution is -0.114. The first-order chi connectivity index (χ1) is 11.4. The average Bonchev–Trinajstić information content (AvgIpc) is 2.83. The highest BCUT2D eigenvalue weighted by molar-refractivity contribution is 6.06. The number of halogens is 1. The SMILES string of the molecule is CC(=O)Nc1cccc(NC(=O)c2cc3cc(F)ccc3n2C)c1. The van der Waals surface area contributed by atoms with Crippen LogP contribution in [0.3, 0.4) is 0 Å². The van der Waals surface area contributed by atoms with Crippen molar-refractivity contribution in [2.75, 3.05) is 10.6 Å². The number of aromatic nitrogens is 1. The van der Waals surface area contributed by atoms with E-state index in [1.165, 1.54) is 19.1 Å². The number of hydrogen-bond donors (Lipinski definition) is 2. The Morgan fingerprint density at radius 3 is 2.42 bits per heavy atom. The molecule has 0 spiro atoms. The van der Waals surface area contributed by atoms with Gasteiger partial charge in [0.25, 0.3) is 5.91 Å². The summed E-state index contributed by atoms with van der Waals surface area (Å²) in [5.41, 5.74) is 2.34. The van der Waals surface area contributed by atoms with Gasteiger partial charge in [0.05, 0.1) is 0 Å². The molecule has 0 saturated heterocycles. The van der Waals surface area contributed by atoms with Gasteiger partial charge in [-0.2, -0.15) is 0 Å². The number of amides is 2. The van der Waals surface area contributed by atoms with Gasteiger partial charge in [0.1, 0.15) is 11.5 Å². The zero-order chi connectivity index (χ0) is 17.3. The van der Waals surface area contributed by atoms with E-state index in [-0.39, 0.29) is 17.6 Å². The summed E-state index contributed by atoms with van der Waals surface area (Å²) >= 11 is 0. The minimum absolute atomic E-state index is 0.186. The summed E-state index contributed by atoms with van der Waals surface area (Å²) in [5.74, 6) is -0.841. The highest BCUT2D eigenvalue weighted by atomic mass is 19.1. The fourth-order valence-electron chi connectivity index (χ4n) is 2.61. The lowest BCUT2D eigenvalue weighted by atomic mass is 10.2. The van der Waals surface area contributed by atoms with Crippen LogP contribution in [0.4, 0.5) is 15.8 Å². The first-order valence-electron chi connectivity index (χ1n) is 7.38. The second-order valence-electron chi connectivity index (χ2n) is 5.51. The summed E-state index contributed by atoms with van der Waals surface area (Å²) in [4.78, 5) is 23.6. The molecule has 2 amide bonds. The van der Waals surface area contributed by atoms with Crippen LogP contribution in [0.25, 0.3) is 10.9 Å². The van der Waals surface area contributed by atoms with Gasteiger partial charge in [0.15, 0.2) is 0 Å². The molecule has 0 aliphatic rings. The molecule has 0 fully saturated rings. The van der Waals surface area contributed by atoms with E-state index in [1.54, 1.807) is 48.0 Å². The average molecular weight is 325 g/mol. The molecule has 3 rings (SSSR count).